The first-order valence-electron chi connectivity index (χ1n) is 7.61. The fourth-order valence-corrected chi connectivity index (χ4v) is 2.23. The molecule has 0 saturated carbocycles. The third-order valence-corrected chi connectivity index (χ3v) is 3.43. The number of hydrogen-bond acceptors (Lipinski definition) is 4. The maximum Gasteiger partial charge on any atom is 0.218 e. The Morgan fingerprint density at radius 3 is 2.84 bits per heavy atom. The van der Waals surface area contributed by atoms with E-state index in [0.29, 0.717) is 29.8 Å². The van der Waals surface area contributed by atoms with Gasteiger partial charge in [0.25, 0.3) is 0 Å². The molecule has 8 heteroatoms. The number of nitrogens with two attached hydrogens (primary N) is 1. The highest BCUT2D eigenvalue weighted by atomic mass is 127. The predicted molar refractivity (Wildman–Crippen MR) is 112 cm³/mol. The van der Waals surface area contributed by atoms with E-state index in [9.17, 15) is 0 Å². The van der Waals surface area contributed by atoms with Crippen molar-refractivity contribution in [2.75, 3.05) is 19.0 Å². The molecule has 0 aliphatic heterocycles. The van der Waals surface area contributed by atoms with Crippen LogP contribution in [0.2, 0.25) is 5.02 Å². The van der Waals surface area contributed by atoms with E-state index in [1.54, 1.807) is 25.4 Å². The topological polar surface area (TPSA) is 81.8 Å². The molecule has 1 heterocycles. The third-order valence-electron chi connectivity index (χ3n) is 3.14. The minimum absolute atomic E-state index is 0. The van der Waals surface area contributed by atoms with Crippen molar-refractivity contribution in [2.45, 2.75) is 19.9 Å². The number of benzene rings is 1. The van der Waals surface area contributed by atoms with Crippen LogP contribution in [0.3, 0.4) is 0 Å². The molecule has 0 amide bonds. The second-order valence-corrected chi connectivity index (χ2v) is 5.40. The molecule has 0 aliphatic rings. The third kappa shape index (κ3) is 6.58. The number of rotatable bonds is 7. The predicted octanol–water partition coefficient (Wildman–Crippen LogP) is 4.08. The molecule has 2 aromatic rings. The summed E-state index contributed by atoms with van der Waals surface area (Å²) in [6, 6.07) is 9.06. The van der Waals surface area contributed by atoms with Gasteiger partial charge in [-0.2, -0.15) is 0 Å². The molecule has 0 spiro atoms. The maximum atomic E-state index is 6.08. The molecular formula is C17H22ClIN4O2. The van der Waals surface area contributed by atoms with Gasteiger partial charge < -0.3 is 20.5 Å². The van der Waals surface area contributed by atoms with Crippen molar-refractivity contribution in [3.63, 3.8) is 0 Å². The zero-order valence-corrected chi connectivity index (χ0v) is 17.2. The summed E-state index contributed by atoms with van der Waals surface area (Å²) < 4.78 is 10.7. The Morgan fingerprint density at radius 2 is 2.16 bits per heavy atom. The van der Waals surface area contributed by atoms with Crippen LogP contribution in [-0.2, 0) is 6.54 Å². The van der Waals surface area contributed by atoms with Crippen molar-refractivity contribution >= 4 is 47.2 Å². The molecule has 1 aromatic heterocycles. The van der Waals surface area contributed by atoms with Gasteiger partial charge in [0.15, 0.2) is 5.96 Å². The molecule has 25 heavy (non-hydrogen) atoms. The number of pyridine rings is 1. The second-order valence-electron chi connectivity index (χ2n) is 4.99. The second kappa shape index (κ2) is 11.0. The van der Waals surface area contributed by atoms with E-state index in [1.165, 1.54) is 0 Å². The van der Waals surface area contributed by atoms with Crippen molar-refractivity contribution in [1.82, 2.24) is 4.98 Å². The largest absolute Gasteiger partial charge is 0.495 e. The molecule has 0 atom stereocenters. The highest BCUT2D eigenvalue weighted by molar-refractivity contribution is 14.0. The first kappa shape index (κ1) is 21.3. The summed E-state index contributed by atoms with van der Waals surface area (Å²) >= 11 is 6.08. The van der Waals surface area contributed by atoms with E-state index in [-0.39, 0.29) is 29.9 Å². The number of nitrogens with one attached hydrogen (secondary N) is 1. The monoisotopic (exact) mass is 476 g/mol. The van der Waals surface area contributed by atoms with Gasteiger partial charge in [0.2, 0.25) is 5.88 Å². The smallest absolute Gasteiger partial charge is 0.218 e. The van der Waals surface area contributed by atoms with Gasteiger partial charge in [-0.15, -0.1) is 24.0 Å². The van der Waals surface area contributed by atoms with Crippen LogP contribution in [0.4, 0.5) is 5.69 Å². The highest BCUT2D eigenvalue weighted by Crippen LogP contribution is 2.27. The Bertz CT molecular complexity index is 713. The van der Waals surface area contributed by atoms with Crippen molar-refractivity contribution in [1.29, 1.82) is 0 Å². The van der Waals surface area contributed by atoms with Crippen LogP contribution < -0.4 is 20.5 Å². The summed E-state index contributed by atoms with van der Waals surface area (Å²) in [6.07, 6.45) is 2.61. The van der Waals surface area contributed by atoms with E-state index in [0.717, 1.165) is 17.7 Å². The van der Waals surface area contributed by atoms with E-state index in [2.05, 4.69) is 15.3 Å². The lowest BCUT2D eigenvalue weighted by Crippen LogP contribution is -2.22. The first-order valence-corrected chi connectivity index (χ1v) is 7.99. The van der Waals surface area contributed by atoms with Gasteiger partial charge in [-0.1, -0.05) is 24.6 Å². The maximum absolute atomic E-state index is 6.08. The molecule has 136 valence electrons. The molecule has 2 rings (SSSR count). The normalized spacial score (nSPS) is 10.8. The van der Waals surface area contributed by atoms with E-state index in [1.807, 2.05) is 25.1 Å². The highest BCUT2D eigenvalue weighted by Gasteiger charge is 2.05. The van der Waals surface area contributed by atoms with Gasteiger partial charge in [0.1, 0.15) is 5.75 Å². The van der Waals surface area contributed by atoms with Crippen LogP contribution in [0.25, 0.3) is 0 Å². The van der Waals surface area contributed by atoms with Crippen LogP contribution in [0.15, 0.2) is 41.5 Å². The molecule has 0 unspecified atom stereocenters. The Balaban J connectivity index is 0.00000312. The van der Waals surface area contributed by atoms with Gasteiger partial charge in [-0.25, -0.2) is 9.98 Å². The number of methoxy groups -OCH3 is 1. The Labute approximate surface area is 169 Å². The zero-order chi connectivity index (χ0) is 17.4. The zero-order valence-electron chi connectivity index (χ0n) is 14.2. The van der Waals surface area contributed by atoms with E-state index in [4.69, 9.17) is 26.8 Å². The van der Waals surface area contributed by atoms with Crippen molar-refractivity contribution in [3.05, 3.63) is 47.1 Å². The number of nitrogens with zero attached hydrogens (tertiary/aromatic N) is 2. The number of anilines is 1. The van der Waals surface area contributed by atoms with Crippen molar-refractivity contribution < 1.29 is 9.47 Å². The molecule has 0 saturated heterocycles. The van der Waals surface area contributed by atoms with Crippen LogP contribution in [0, 0.1) is 0 Å². The fraction of sp³-hybridized carbons (Fsp3) is 0.294. The van der Waals surface area contributed by atoms with E-state index >= 15 is 0 Å². The molecule has 0 radical (unpaired) electrons. The summed E-state index contributed by atoms with van der Waals surface area (Å²) in [4.78, 5) is 8.54. The van der Waals surface area contributed by atoms with Gasteiger partial charge in [0.05, 0.1) is 25.3 Å². The van der Waals surface area contributed by atoms with Gasteiger partial charge in [-0.3, -0.25) is 0 Å². The summed E-state index contributed by atoms with van der Waals surface area (Å²) in [5.74, 6) is 1.47. The molecular weight excluding hydrogens is 455 g/mol. The Hall–Kier alpha value is -1.74. The van der Waals surface area contributed by atoms with Gasteiger partial charge >= 0.3 is 0 Å². The summed E-state index contributed by atoms with van der Waals surface area (Å²) in [5.41, 5.74) is 7.54. The molecule has 6 nitrogen and oxygen atoms in total. The SMILES string of the molecule is CCCOc1ncccc1CN=C(N)Nc1ccc(OC)c(Cl)c1.I. The number of guanidine groups is 1. The number of halogens is 2. The van der Waals surface area contributed by atoms with Crippen LogP contribution >= 0.6 is 35.6 Å². The quantitative estimate of drug-likeness (QED) is 0.358. The minimum Gasteiger partial charge on any atom is -0.495 e. The van der Waals surface area contributed by atoms with Gasteiger partial charge in [0, 0.05) is 17.4 Å². The average molecular weight is 477 g/mol. The fourth-order valence-electron chi connectivity index (χ4n) is 1.98. The Morgan fingerprint density at radius 1 is 1.36 bits per heavy atom. The molecule has 0 bridgehead atoms. The van der Waals surface area contributed by atoms with Crippen molar-refractivity contribution in [3.8, 4) is 11.6 Å². The molecule has 1 aromatic carbocycles. The summed E-state index contributed by atoms with van der Waals surface area (Å²) in [5, 5.41) is 3.49. The van der Waals surface area contributed by atoms with Crippen LogP contribution in [0.1, 0.15) is 18.9 Å². The Kier molecular flexibility index (Phi) is 9.36. The number of hydrogen-bond donors (Lipinski definition) is 2. The van der Waals surface area contributed by atoms with E-state index < -0.39 is 0 Å². The summed E-state index contributed by atoms with van der Waals surface area (Å²) in [6.45, 7) is 3.03. The standard InChI is InChI=1S/C17H21ClN4O2.HI/c1-3-9-24-16-12(5-4-8-20-16)11-21-17(19)22-13-6-7-15(23-2)14(18)10-13;/h4-8,10H,3,9,11H2,1-2H3,(H3,19,21,22);1H. The minimum atomic E-state index is 0. The molecule has 0 fully saturated rings. The first-order chi connectivity index (χ1) is 11.6. The lowest BCUT2D eigenvalue weighted by Gasteiger charge is -2.10. The van der Waals surface area contributed by atoms with Crippen LogP contribution in [0.5, 0.6) is 11.6 Å². The summed E-state index contributed by atoms with van der Waals surface area (Å²) in [7, 11) is 1.57. The molecule has 3 N–H and O–H groups in total. The average Bonchev–Trinajstić information content (AvgIpc) is 2.59. The molecule has 0 aliphatic carbocycles. The lowest BCUT2D eigenvalue weighted by molar-refractivity contribution is 0.302. The number of aliphatic imine (C=N–C) groups is 1. The van der Waals surface area contributed by atoms with Gasteiger partial charge in [-0.05, 0) is 30.7 Å². The number of ether oxygens (including phenoxy) is 2. The lowest BCUT2D eigenvalue weighted by atomic mass is 10.3. The van der Waals surface area contributed by atoms with Crippen LogP contribution in [-0.4, -0.2) is 24.7 Å². The number of aromatic nitrogens is 1. The van der Waals surface area contributed by atoms with Crippen molar-refractivity contribution in [2.24, 2.45) is 10.7 Å².